The molecule has 8 nitrogen and oxygen atoms in total. The maximum atomic E-state index is 11.5. The van der Waals surface area contributed by atoms with Gasteiger partial charge < -0.3 is 9.97 Å². The van der Waals surface area contributed by atoms with Crippen molar-refractivity contribution < 1.29 is 0 Å². The van der Waals surface area contributed by atoms with E-state index >= 15 is 0 Å². The van der Waals surface area contributed by atoms with Gasteiger partial charge in [0.2, 0.25) is 0 Å². The zero-order valence-electron chi connectivity index (χ0n) is 7.58. The van der Waals surface area contributed by atoms with E-state index in [2.05, 4.69) is 9.97 Å². The molecule has 0 unspecified atom stereocenters. The molecule has 3 N–H and O–H groups in total. The number of aromatic nitrogens is 4. The van der Waals surface area contributed by atoms with Crippen LogP contribution in [0.4, 0.5) is 0 Å². The lowest BCUT2D eigenvalue weighted by molar-refractivity contribution is 0.786. The molecule has 15 heavy (non-hydrogen) atoms. The van der Waals surface area contributed by atoms with Crippen LogP contribution >= 0.6 is 0 Å². The van der Waals surface area contributed by atoms with Crippen LogP contribution in [0.1, 0.15) is 0 Å². The average Bonchev–Trinajstić information content (AvgIpc) is 2.17. The molecule has 0 saturated heterocycles. The molecule has 0 saturated carbocycles. The molecule has 0 bridgehead atoms. The number of aromatic amines is 3. The molecule has 2 heterocycles. The van der Waals surface area contributed by atoms with Crippen LogP contribution in [0.3, 0.4) is 0 Å². The van der Waals surface area contributed by atoms with Crippen LogP contribution in [-0.4, -0.2) is 19.5 Å². The zero-order valence-corrected chi connectivity index (χ0v) is 7.58. The number of hydrogen-bond donors (Lipinski definition) is 3. The monoisotopic (exact) mass is 210 g/mol. The first-order chi connectivity index (χ1) is 7.00. The van der Waals surface area contributed by atoms with Crippen LogP contribution in [0.15, 0.2) is 19.2 Å². The number of nitrogens with zero attached hydrogens (tertiary/aromatic N) is 1. The summed E-state index contributed by atoms with van der Waals surface area (Å²) >= 11 is 0. The minimum absolute atomic E-state index is 0.217. The van der Waals surface area contributed by atoms with Crippen molar-refractivity contribution in [2.24, 2.45) is 7.05 Å². The van der Waals surface area contributed by atoms with Gasteiger partial charge in [0.1, 0.15) is 11.0 Å². The van der Waals surface area contributed by atoms with Gasteiger partial charge in [-0.05, 0) is 0 Å². The normalized spacial score (nSPS) is 10.7. The Morgan fingerprint density at radius 2 is 1.60 bits per heavy atom. The van der Waals surface area contributed by atoms with Gasteiger partial charge in [0.15, 0.2) is 0 Å². The number of H-pyrrole nitrogens is 3. The van der Waals surface area contributed by atoms with Crippen molar-refractivity contribution >= 4 is 11.0 Å². The number of nitrogens with one attached hydrogen (secondary N) is 3. The van der Waals surface area contributed by atoms with Gasteiger partial charge in [-0.15, -0.1) is 0 Å². The Bertz CT molecular complexity index is 759. The summed E-state index contributed by atoms with van der Waals surface area (Å²) < 4.78 is 0.762. The largest absolute Gasteiger partial charge is 0.328 e. The topological polar surface area (TPSA) is 121 Å². The summed E-state index contributed by atoms with van der Waals surface area (Å²) in [6.07, 6.45) is 0. The Balaban J connectivity index is 3.28. The van der Waals surface area contributed by atoms with Crippen molar-refractivity contribution in [1.29, 1.82) is 0 Å². The third-order valence-electron chi connectivity index (χ3n) is 2.00. The first-order valence-electron chi connectivity index (χ1n) is 3.96. The minimum Gasteiger partial charge on any atom is -0.301 e. The second kappa shape index (κ2) is 2.80. The molecule has 2 aromatic rings. The van der Waals surface area contributed by atoms with E-state index in [1.165, 1.54) is 7.05 Å². The van der Waals surface area contributed by atoms with Gasteiger partial charge in [0.25, 0.3) is 11.1 Å². The summed E-state index contributed by atoms with van der Waals surface area (Å²) in [5, 5.41) is 0. The number of fused-ring (bicyclic) bond motifs is 1. The molecule has 2 aromatic heterocycles. The van der Waals surface area contributed by atoms with Crippen LogP contribution < -0.4 is 22.5 Å². The fourth-order valence-electron chi connectivity index (χ4n) is 1.22. The Morgan fingerprint density at radius 3 is 2.27 bits per heavy atom. The van der Waals surface area contributed by atoms with Crippen molar-refractivity contribution in [3.8, 4) is 0 Å². The van der Waals surface area contributed by atoms with Crippen LogP contribution in [0, 0.1) is 0 Å². The Morgan fingerprint density at radius 1 is 0.933 bits per heavy atom. The molecule has 0 aliphatic carbocycles. The van der Waals surface area contributed by atoms with E-state index in [1.54, 1.807) is 0 Å². The van der Waals surface area contributed by atoms with Crippen LogP contribution in [-0.2, 0) is 7.05 Å². The standard InChI is InChI=1S/C7H6N4O4/c1-11-5(13)3-2(9-7(11)15)4(12)10-6(14)8-3/h1H3,(H,9,15)(H2,8,10,12,14). The minimum atomic E-state index is -0.802. The van der Waals surface area contributed by atoms with Crippen LogP contribution in [0.2, 0.25) is 0 Å². The van der Waals surface area contributed by atoms with Crippen LogP contribution in [0.5, 0.6) is 0 Å². The van der Waals surface area contributed by atoms with Crippen LogP contribution in [0.25, 0.3) is 11.0 Å². The van der Waals surface area contributed by atoms with Gasteiger partial charge in [0.05, 0.1) is 0 Å². The summed E-state index contributed by atoms with van der Waals surface area (Å²) in [5.74, 6) is 0. The first-order valence-corrected chi connectivity index (χ1v) is 3.96. The average molecular weight is 210 g/mol. The maximum Gasteiger partial charge on any atom is 0.328 e. The maximum absolute atomic E-state index is 11.5. The molecule has 0 radical (unpaired) electrons. The lowest BCUT2D eigenvalue weighted by atomic mass is 10.4. The van der Waals surface area contributed by atoms with Gasteiger partial charge in [-0.1, -0.05) is 0 Å². The third kappa shape index (κ3) is 1.23. The van der Waals surface area contributed by atoms with Crippen molar-refractivity contribution in [2.45, 2.75) is 0 Å². The molecule has 0 aliphatic heterocycles. The van der Waals surface area contributed by atoms with E-state index in [-0.39, 0.29) is 11.0 Å². The van der Waals surface area contributed by atoms with Crippen molar-refractivity contribution in [3.63, 3.8) is 0 Å². The molecule has 0 spiro atoms. The molecule has 0 aliphatic rings. The highest BCUT2D eigenvalue weighted by Crippen LogP contribution is 1.87. The number of hydrogen-bond acceptors (Lipinski definition) is 4. The van der Waals surface area contributed by atoms with E-state index < -0.39 is 22.5 Å². The van der Waals surface area contributed by atoms with Gasteiger partial charge in [0, 0.05) is 7.05 Å². The lowest BCUT2D eigenvalue weighted by Crippen LogP contribution is -2.37. The smallest absolute Gasteiger partial charge is 0.301 e. The van der Waals surface area contributed by atoms with Gasteiger partial charge in [-0.2, -0.15) is 0 Å². The molecule has 78 valence electrons. The van der Waals surface area contributed by atoms with E-state index in [9.17, 15) is 19.2 Å². The Hall–Kier alpha value is -2.38. The van der Waals surface area contributed by atoms with Crippen molar-refractivity contribution in [1.82, 2.24) is 19.5 Å². The third-order valence-corrected chi connectivity index (χ3v) is 2.00. The SMILES string of the molecule is Cn1c(=O)[nH]c2c(=O)[nH]c(=O)[nH]c2c1=O. The highest BCUT2D eigenvalue weighted by atomic mass is 16.2. The fraction of sp³-hybridized carbons (Fsp3) is 0.143. The van der Waals surface area contributed by atoms with Crippen molar-refractivity contribution in [2.75, 3.05) is 0 Å². The van der Waals surface area contributed by atoms with E-state index in [0.29, 0.717) is 0 Å². The fourth-order valence-corrected chi connectivity index (χ4v) is 1.22. The zero-order chi connectivity index (χ0) is 11.2. The number of rotatable bonds is 0. The van der Waals surface area contributed by atoms with Gasteiger partial charge >= 0.3 is 11.4 Å². The van der Waals surface area contributed by atoms with Crippen molar-refractivity contribution in [3.05, 3.63) is 41.7 Å². The molecule has 8 heteroatoms. The second-order valence-electron chi connectivity index (χ2n) is 2.95. The van der Waals surface area contributed by atoms with E-state index in [4.69, 9.17) is 0 Å². The highest BCUT2D eigenvalue weighted by Gasteiger charge is 2.08. The molecule has 2 rings (SSSR count). The summed E-state index contributed by atoms with van der Waals surface area (Å²) in [4.78, 5) is 51.0. The van der Waals surface area contributed by atoms with E-state index in [1.807, 2.05) is 4.98 Å². The van der Waals surface area contributed by atoms with Gasteiger partial charge in [-0.3, -0.25) is 19.1 Å². The van der Waals surface area contributed by atoms with E-state index in [0.717, 1.165) is 4.57 Å². The Kier molecular flexibility index (Phi) is 1.72. The lowest BCUT2D eigenvalue weighted by Gasteiger charge is -1.98. The second-order valence-corrected chi connectivity index (χ2v) is 2.95. The predicted molar refractivity (Wildman–Crippen MR) is 51.1 cm³/mol. The molecule has 0 aromatic carbocycles. The molecular formula is C7H6N4O4. The summed E-state index contributed by atoms with van der Waals surface area (Å²) in [5.41, 5.74) is -3.49. The molecule has 0 amide bonds. The summed E-state index contributed by atoms with van der Waals surface area (Å²) in [6.45, 7) is 0. The quantitative estimate of drug-likeness (QED) is 0.449. The first kappa shape index (κ1) is 9.19. The molecule has 0 atom stereocenters. The summed E-state index contributed by atoms with van der Waals surface area (Å²) in [6, 6.07) is 0. The highest BCUT2D eigenvalue weighted by molar-refractivity contribution is 5.70. The Labute approximate surface area is 80.2 Å². The predicted octanol–water partition coefficient (Wildman–Crippen LogP) is -2.40. The van der Waals surface area contributed by atoms with Gasteiger partial charge in [-0.25, -0.2) is 9.59 Å². The summed E-state index contributed by atoms with van der Waals surface area (Å²) in [7, 11) is 1.24. The molecular weight excluding hydrogens is 204 g/mol. The molecule has 0 fully saturated rings.